The van der Waals surface area contributed by atoms with Crippen LogP contribution in [0.25, 0.3) is 0 Å². The molecule has 8 heteroatoms. The van der Waals surface area contributed by atoms with Gasteiger partial charge in [0.25, 0.3) is 0 Å². The molecule has 0 aliphatic carbocycles. The lowest BCUT2D eigenvalue weighted by molar-refractivity contribution is -0.116. The van der Waals surface area contributed by atoms with Crippen molar-refractivity contribution in [3.8, 4) is 5.75 Å². The second-order valence-corrected chi connectivity index (χ2v) is 9.90. The number of anilines is 1. The lowest BCUT2D eigenvalue weighted by Crippen LogP contribution is -2.28. The SMILES string of the molecule is CC(=O)c1ccc(S(=O)(=O)N(C)CCCC(=O)Nc2ccc(OCc3ccccc3)cc2)cc1. The number of ether oxygens (including phenoxy) is 1. The molecule has 0 fully saturated rings. The number of Topliss-reactive ketones (excluding diaryl/α,β-unsaturated/α-hetero) is 1. The molecule has 0 atom stereocenters. The summed E-state index contributed by atoms with van der Waals surface area (Å²) in [5.74, 6) is 0.372. The molecule has 34 heavy (non-hydrogen) atoms. The van der Waals surface area contributed by atoms with E-state index in [1.807, 2.05) is 30.3 Å². The Bertz CT molecular complexity index is 1210. The van der Waals surface area contributed by atoms with Gasteiger partial charge in [0, 0.05) is 31.3 Å². The van der Waals surface area contributed by atoms with Gasteiger partial charge in [0.05, 0.1) is 4.90 Å². The molecule has 3 aromatic carbocycles. The third kappa shape index (κ3) is 7.00. The monoisotopic (exact) mass is 480 g/mol. The van der Waals surface area contributed by atoms with Gasteiger partial charge in [0.1, 0.15) is 12.4 Å². The molecule has 0 spiro atoms. The van der Waals surface area contributed by atoms with Gasteiger partial charge in [-0.25, -0.2) is 12.7 Å². The second-order valence-electron chi connectivity index (χ2n) is 7.86. The van der Waals surface area contributed by atoms with Gasteiger partial charge in [-0.05, 0) is 55.3 Å². The van der Waals surface area contributed by atoms with Gasteiger partial charge in [-0.1, -0.05) is 42.5 Å². The number of hydrogen-bond acceptors (Lipinski definition) is 5. The number of nitrogens with one attached hydrogen (secondary N) is 1. The minimum Gasteiger partial charge on any atom is -0.489 e. The maximum atomic E-state index is 12.7. The fourth-order valence-corrected chi connectivity index (χ4v) is 4.43. The van der Waals surface area contributed by atoms with Crippen LogP contribution in [0.3, 0.4) is 0 Å². The van der Waals surface area contributed by atoms with Crippen LogP contribution < -0.4 is 10.1 Å². The van der Waals surface area contributed by atoms with Crippen molar-refractivity contribution in [1.82, 2.24) is 4.31 Å². The molecule has 0 aliphatic rings. The van der Waals surface area contributed by atoms with Crippen LogP contribution in [-0.2, 0) is 21.4 Å². The fraction of sp³-hybridized carbons (Fsp3) is 0.231. The van der Waals surface area contributed by atoms with E-state index in [-0.39, 0.29) is 29.6 Å². The van der Waals surface area contributed by atoms with Gasteiger partial charge >= 0.3 is 0 Å². The molecule has 1 amide bonds. The molecule has 0 aromatic heterocycles. The molecule has 0 saturated carbocycles. The molecular weight excluding hydrogens is 452 g/mol. The van der Waals surface area contributed by atoms with Crippen molar-refractivity contribution < 1.29 is 22.7 Å². The lowest BCUT2D eigenvalue weighted by Gasteiger charge is -2.17. The van der Waals surface area contributed by atoms with Crippen LogP contribution in [0.4, 0.5) is 5.69 Å². The summed E-state index contributed by atoms with van der Waals surface area (Å²) in [4.78, 5) is 23.8. The highest BCUT2D eigenvalue weighted by atomic mass is 32.2. The number of carbonyl (C=O) groups excluding carboxylic acids is 2. The van der Waals surface area contributed by atoms with Crippen molar-refractivity contribution >= 4 is 27.4 Å². The molecule has 1 N–H and O–H groups in total. The van der Waals surface area contributed by atoms with Crippen LogP contribution in [0, 0.1) is 0 Å². The highest BCUT2D eigenvalue weighted by Crippen LogP contribution is 2.18. The largest absolute Gasteiger partial charge is 0.489 e. The highest BCUT2D eigenvalue weighted by molar-refractivity contribution is 7.89. The molecule has 0 heterocycles. The van der Waals surface area contributed by atoms with Crippen molar-refractivity contribution in [2.24, 2.45) is 0 Å². The van der Waals surface area contributed by atoms with Crippen LogP contribution >= 0.6 is 0 Å². The van der Waals surface area contributed by atoms with E-state index in [1.165, 1.54) is 42.5 Å². The third-order valence-corrected chi connectivity index (χ3v) is 7.10. The molecular formula is C26H28N2O5S. The van der Waals surface area contributed by atoms with E-state index >= 15 is 0 Å². The van der Waals surface area contributed by atoms with Crippen LogP contribution in [-0.4, -0.2) is 38.0 Å². The predicted molar refractivity (Wildman–Crippen MR) is 131 cm³/mol. The van der Waals surface area contributed by atoms with Crippen LogP contribution in [0.2, 0.25) is 0 Å². The first-order valence-electron chi connectivity index (χ1n) is 10.9. The molecule has 0 unspecified atom stereocenters. The minimum absolute atomic E-state index is 0.110. The number of ketones is 1. The summed E-state index contributed by atoms with van der Waals surface area (Å²) in [6, 6.07) is 22.8. The Kier molecular flexibility index (Phi) is 8.56. The average Bonchev–Trinajstić information content (AvgIpc) is 2.84. The van der Waals surface area contributed by atoms with Gasteiger partial charge in [-0.3, -0.25) is 9.59 Å². The zero-order valence-electron chi connectivity index (χ0n) is 19.2. The van der Waals surface area contributed by atoms with Crippen molar-refractivity contribution in [1.29, 1.82) is 0 Å². The number of nitrogens with zero attached hydrogens (tertiary/aromatic N) is 1. The molecule has 0 radical (unpaired) electrons. The van der Waals surface area contributed by atoms with E-state index in [4.69, 9.17) is 4.74 Å². The molecule has 7 nitrogen and oxygen atoms in total. The van der Waals surface area contributed by atoms with E-state index < -0.39 is 10.0 Å². The van der Waals surface area contributed by atoms with Gasteiger partial charge in [-0.2, -0.15) is 0 Å². The fourth-order valence-electron chi connectivity index (χ4n) is 3.22. The van der Waals surface area contributed by atoms with E-state index in [1.54, 1.807) is 24.3 Å². The maximum Gasteiger partial charge on any atom is 0.242 e. The Morgan fingerprint density at radius 2 is 1.56 bits per heavy atom. The molecule has 0 aliphatic heterocycles. The van der Waals surface area contributed by atoms with E-state index in [2.05, 4.69) is 5.32 Å². The van der Waals surface area contributed by atoms with Crippen molar-refractivity contribution in [3.05, 3.63) is 90.0 Å². The summed E-state index contributed by atoms with van der Waals surface area (Å²) >= 11 is 0. The van der Waals surface area contributed by atoms with Crippen molar-refractivity contribution in [2.75, 3.05) is 18.9 Å². The van der Waals surface area contributed by atoms with Gasteiger partial charge in [-0.15, -0.1) is 0 Å². The van der Waals surface area contributed by atoms with Gasteiger partial charge in [0.2, 0.25) is 15.9 Å². The van der Waals surface area contributed by atoms with Crippen LogP contribution in [0.1, 0.15) is 35.7 Å². The summed E-state index contributed by atoms with van der Waals surface area (Å²) in [5.41, 5.74) is 2.16. The quantitative estimate of drug-likeness (QED) is 0.408. The zero-order valence-corrected chi connectivity index (χ0v) is 20.0. The van der Waals surface area contributed by atoms with Crippen LogP contribution in [0.15, 0.2) is 83.8 Å². The summed E-state index contributed by atoms with van der Waals surface area (Å²) in [6.07, 6.45) is 0.542. The van der Waals surface area contributed by atoms with Gasteiger partial charge < -0.3 is 10.1 Å². The average molecular weight is 481 g/mol. The molecule has 178 valence electrons. The number of sulfonamides is 1. The van der Waals surface area contributed by atoms with E-state index in [0.717, 1.165) is 5.56 Å². The molecule has 3 rings (SSSR count). The number of rotatable bonds is 11. The first-order valence-corrected chi connectivity index (χ1v) is 12.3. The molecule has 3 aromatic rings. The molecule has 0 bridgehead atoms. The Labute approximate surface area is 200 Å². The maximum absolute atomic E-state index is 12.7. The second kappa shape index (κ2) is 11.6. The topological polar surface area (TPSA) is 92.8 Å². The number of amides is 1. The summed E-state index contributed by atoms with van der Waals surface area (Å²) in [5, 5.41) is 2.81. The van der Waals surface area contributed by atoms with Crippen molar-refractivity contribution in [2.45, 2.75) is 31.3 Å². The Hall–Kier alpha value is -3.49. The Morgan fingerprint density at radius 3 is 2.18 bits per heavy atom. The van der Waals surface area contributed by atoms with E-state index in [0.29, 0.717) is 30.0 Å². The smallest absolute Gasteiger partial charge is 0.242 e. The Morgan fingerprint density at radius 1 is 0.912 bits per heavy atom. The summed E-state index contributed by atoms with van der Waals surface area (Å²) in [7, 11) is -2.22. The minimum atomic E-state index is -3.69. The lowest BCUT2D eigenvalue weighted by atomic mass is 10.2. The summed E-state index contributed by atoms with van der Waals surface area (Å²) in [6.45, 7) is 2.08. The standard InChI is InChI=1S/C26H28N2O5S/c1-20(29)22-10-16-25(17-11-22)34(31,32)28(2)18-6-9-26(30)27-23-12-14-24(15-13-23)33-19-21-7-4-3-5-8-21/h3-5,7-8,10-17H,6,9,18-19H2,1-2H3,(H,27,30). The molecule has 0 saturated heterocycles. The van der Waals surface area contributed by atoms with Crippen LogP contribution in [0.5, 0.6) is 5.75 Å². The van der Waals surface area contributed by atoms with E-state index in [9.17, 15) is 18.0 Å². The third-order valence-electron chi connectivity index (χ3n) is 5.23. The predicted octanol–water partition coefficient (Wildman–Crippen LogP) is 4.51. The zero-order chi connectivity index (χ0) is 24.6. The first-order chi connectivity index (χ1) is 16.3. The highest BCUT2D eigenvalue weighted by Gasteiger charge is 2.20. The van der Waals surface area contributed by atoms with Crippen molar-refractivity contribution in [3.63, 3.8) is 0 Å². The normalized spacial score (nSPS) is 11.3. The first kappa shape index (κ1) is 25.1. The number of benzene rings is 3. The Balaban J connectivity index is 1.44. The summed E-state index contributed by atoms with van der Waals surface area (Å²) < 4.78 is 32.3. The number of carbonyl (C=O) groups is 2. The number of hydrogen-bond donors (Lipinski definition) is 1. The van der Waals surface area contributed by atoms with Gasteiger partial charge in [0.15, 0.2) is 5.78 Å².